The van der Waals surface area contributed by atoms with Crippen LogP contribution in [0, 0.1) is 17.8 Å². The fourth-order valence-corrected chi connectivity index (χ4v) is 4.47. The van der Waals surface area contributed by atoms with Crippen LogP contribution in [0.4, 0.5) is 9.18 Å². The van der Waals surface area contributed by atoms with Crippen LogP contribution in [0.25, 0.3) is 0 Å². The van der Waals surface area contributed by atoms with Crippen LogP contribution < -0.4 is 5.32 Å². The van der Waals surface area contributed by atoms with Crippen molar-refractivity contribution in [3.63, 3.8) is 0 Å². The molecule has 2 aliphatic rings. The van der Waals surface area contributed by atoms with E-state index in [1.807, 2.05) is 4.90 Å². The van der Waals surface area contributed by atoms with Gasteiger partial charge in [-0.05, 0) is 71.1 Å². The highest BCUT2D eigenvalue weighted by Gasteiger charge is 2.44. The van der Waals surface area contributed by atoms with Gasteiger partial charge in [0, 0.05) is 12.6 Å². The summed E-state index contributed by atoms with van der Waals surface area (Å²) in [7, 11) is 2.28. The highest BCUT2D eigenvalue weighted by Crippen LogP contribution is 2.41. The molecule has 0 aromatic carbocycles. The zero-order valence-corrected chi connectivity index (χ0v) is 18.7. The second-order valence-electron chi connectivity index (χ2n) is 9.56. The number of alkyl halides is 1. The van der Waals surface area contributed by atoms with E-state index in [2.05, 4.69) is 35.3 Å². The maximum atomic E-state index is 14.2. The van der Waals surface area contributed by atoms with Crippen molar-refractivity contribution in [3.8, 4) is 0 Å². The Bertz CT molecular complexity index is 554. The molecule has 1 saturated carbocycles. The number of carbonyl (C=O) groups excluding carboxylic acids is 2. The fourth-order valence-electron chi connectivity index (χ4n) is 4.14. The smallest absolute Gasteiger partial charge is 0.408 e. The van der Waals surface area contributed by atoms with Gasteiger partial charge >= 0.3 is 6.09 Å². The number of hydrogen-bond donors (Lipinski definition) is 1. The molecule has 2 fully saturated rings. The summed E-state index contributed by atoms with van der Waals surface area (Å²) in [6.45, 7) is 12.4. The molecule has 1 aliphatic heterocycles. The zero-order chi connectivity index (χ0) is 20.6. The van der Waals surface area contributed by atoms with E-state index >= 15 is 0 Å². The molecule has 1 heterocycles. The fraction of sp³-hybridized carbons (Fsp3) is 0.900. The molecule has 0 aromatic rings. The van der Waals surface area contributed by atoms with E-state index in [0.717, 1.165) is 0 Å². The van der Waals surface area contributed by atoms with Crippen LogP contribution in [-0.2, 0) is 9.53 Å². The lowest BCUT2D eigenvalue weighted by Crippen LogP contribution is -2.55. The SMILES string of the molecule is CC1C(C)N(C(=O)C(NC(=O)OC(C)(C)C)C2CCC(F)(P)CC2)C[C@@H]1C. The minimum absolute atomic E-state index is 0.0651. The van der Waals surface area contributed by atoms with Crippen LogP contribution in [0.5, 0.6) is 0 Å². The average Bonchev–Trinajstić information content (AvgIpc) is 2.78. The van der Waals surface area contributed by atoms with E-state index in [9.17, 15) is 14.0 Å². The molecule has 0 aromatic heterocycles. The van der Waals surface area contributed by atoms with Crippen LogP contribution in [0.3, 0.4) is 0 Å². The van der Waals surface area contributed by atoms with Gasteiger partial charge in [0.15, 0.2) is 0 Å². The standard InChI is InChI=1S/C20H36FN2O3P/c1-12-11-23(14(3)13(12)2)17(24)16(22-18(25)26-19(4,5)6)15-7-9-20(21,27)10-8-15/h12-16H,7-11,27H2,1-6H3,(H,22,25)/t12-,13?,14?,15?,16?,20?/m0/s1. The summed E-state index contributed by atoms with van der Waals surface area (Å²) in [4.78, 5) is 27.6. The maximum Gasteiger partial charge on any atom is 0.408 e. The van der Waals surface area contributed by atoms with Gasteiger partial charge in [-0.15, -0.1) is 0 Å². The van der Waals surface area contributed by atoms with Crippen molar-refractivity contribution in [2.45, 2.75) is 90.3 Å². The first kappa shape index (κ1) is 22.4. The number of nitrogens with zero attached hydrogens (tertiary/aromatic N) is 1. The molecule has 0 spiro atoms. The number of rotatable bonds is 3. The Morgan fingerprint density at radius 3 is 2.22 bits per heavy atom. The van der Waals surface area contributed by atoms with E-state index in [-0.39, 0.29) is 17.9 Å². The first-order valence-electron chi connectivity index (χ1n) is 10.1. The van der Waals surface area contributed by atoms with Gasteiger partial charge in [-0.3, -0.25) is 4.79 Å². The summed E-state index contributed by atoms with van der Waals surface area (Å²) in [5.41, 5.74) is -0.637. The van der Waals surface area contributed by atoms with Crippen molar-refractivity contribution in [2.24, 2.45) is 17.8 Å². The second kappa shape index (κ2) is 8.23. The van der Waals surface area contributed by atoms with Crippen LogP contribution >= 0.6 is 9.24 Å². The zero-order valence-electron chi connectivity index (χ0n) is 17.5. The normalized spacial score (nSPS) is 35.6. The molecule has 5 atom stereocenters. The van der Waals surface area contributed by atoms with Crippen LogP contribution in [0.1, 0.15) is 67.2 Å². The molecule has 1 N–H and O–H groups in total. The molecule has 27 heavy (non-hydrogen) atoms. The minimum atomic E-state index is -1.26. The molecule has 1 saturated heterocycles. The summed E-state index contributed by atoms with van der Waals surface area (Å²) >= 11 is 0. The highest BCUT2D eigenvalue weighted by molar-refractivity contribution is 7.18. The van der Waals surface area contributed by atoms with E-state index in [0.29, 0.717) is 44.1 Å². The van der Waals surface area contributed by atoms with Gasteiger partial charge in [-0.2, -0.15) is 0 Å². The number of amides is 2. The Kier molecular flexibility index (Phi) is 6.82. The topological polar surface area (TPSA) is 58.6 Å². The molecule has 0 bridgehead atoms. The van der Waals surface area contributed by atoms with E-state index < -0.39 is 23.1 Å². The number of carbonyl (C=O) groups is 2. The average molecular weight is 402 g/mol. The summed E-state index contributed by atoms with van der Waals surface area (Å²) in [5, 5.41) is 1.55. The number of nitrogens with one attached hydrogen (secondary N) is 1. The largest absolute Gasteiger partial charge is 0.444 e. The Balaban J connectivity index is 2.16. The van der Waals surface area contributed by atoms with Gasteiger partial charge in [0.1, 0.15) is 17.1 Å². The first-order valence-corrected chi connectivity index (χ1v) is 10.7. The summed E-state index contributed by atoms with van der Waals surface area (Å²) in [5.74, 6) is 0.688. The third kappa shape index (κ3) is 5.79. The van der Waals surface area contributed by atoms with Crippen molar-refractivity contribution in [2.75, 3.05) is 6.54 Å². The maximum absolute atomic E-state index is 14.2. The third-order valence-corrected chi connectivity index (χ3v) is 6.77. The lowest BCUT2D eigenvalue weighted by atomic mass is 9.82. The molecule has 2 amide bonds. The molecule has 2 rings (SSSR count). The van der Waals surface area contributed by atoms with Gasteiger partial charge in [-0.1, -0.05) is 23.1 Å². The lowest BCUT2D eigenvalue weighted by Gasteiger charge is -2.37. The third-order valence-electron chi connectivity index (χ3n) is 6.19. The molecular weight excluding hydrogens is 366 g/mol. The van der Waals surface area contributed by atoms with Crippen molar-refractivity contribution in [3.05, 3.63) is 0 Å². The van der Waals surface area contributed by atoms with Crippen LogP contribution in [0.15, 0.2) is 0 Å². The quantitative estimate of drug-likeness (QED) is 0.723. The summed E-state index contributed by atoms with van der Waals surface area (Å²) < 4.78 is 19.6. The van der Waals surface area contributed by atoms with E-state index in [1.54, 1.807) is 20.8 Å². The summed E-state index contributed by atoms with van der Waals surface area (Å²) in [6, 6.07) is -0.540. The van der Waals surface area contributed by atoms with Crippen LogP contribution in [-0.4, -0.2) is 46.5 Å². The summed E-state index contributed by atoms with van der Waals surface area (Å²) in [6.07, 6.45) is 1.31. The predicted molar refractivity (Wildman–Crippen MR) is 108 cm³/mol. The van der Waals surface area contributed by atoms with Gasteiger partial charge in [0.2, 0.25) is 5.91 Å². The van der Waals surface area contributed by atoms with Crippen LogP contribution in [0.2, 0.25) is 0 Å². The molecule has 0 radical (unpaired) electrons. The van der Waals surface area contributed by atoms with Crippen molar-refractivity contribution in [1.29, 1.82) is 0 Å². The van der Waals surface area contributed by atoms with E-state index in [4.69, 9.17) is 4.74 Å². The second-order valence-corrected chi connectivity index (χ2v) is 10.6. The minimum Gasteiger partial charge on any atom is -0.444 e. The predicted octanol–water partition coefficient (Wildman–Crippen LogP) is 4.11. The molecular formula is C20H36FN2O3P. The molecule has 156 valence electrons. The number of halogens is 1. The number of likely N-dealkylation sites (tertiary alicyclic amines) is 1. The number of alkyl carbamates (subject to hydrolysis) is 1. The van der Waals surface area contributed by atoms with Crippen molar-refractivity contribution < 1.29 is 18.7 Å². The van der Waals surface area contributed by atoms with E-state index in [1.165, 1.54) is 0 Å². The van der Waals surface area contributed by atoms with Crippen molar-refractivity contribution in [1.82, 2.24) is 10.2 Å². The van der Waals surface area contributed by atoms with Crippen molar-refractivity contribution >= 4 is 21.2 Å². The molecule has 5 nitrogen and oxygen atoms in total. The molecule has 7 heteroatoms. The van der Waals surface area contributed by atoms with Gasteiger partial charge < -0.3 is 15.0 Å². The Labute approximate surface area is 165 Å². The number of ether oxygens (including phenoxy) is 1. The number of hydrogen-bond acceptors (Lipinski definition) is 3. The molecule has 1 aliphatic carbocycles. The lowest BCUT2D eigenvalue weighted by molar-refractivity contribution is -0.136. The van der Waals surface area contributed by atoms with Gasteiger partial charge in [-0.25, -0.2) is 9.18 Å². The van der Waals surface area contributed by atoms with Gasteiger partial charge in [0.25, 0.3) is 0 Å². The Hall–Kier alpha value is -0.900. The Morgan fingerprint density at radius 2 is 1.78 bits per heavy atom. The molecule has 4 unspecified atom stereocenters. The van der Waals surface area contributed by atoms with Gasteiger partial charge in [0.05, 0.1) is 0 Å². The first-order chi connectivity index (χ1) is 12.3. The highest BCUT2D eigenvalue weighted by atomic mass is 31.0. The Morgan fingerprint density at radius 1 is 1.22 bits per heavy atom. The monoisotopic (exact) mass is 402 g/mol.